The van der Waals surface area contributed by atoms with Gasteiger partial charge in [-0.25, -0.2) is 0 Å². The summed E-state index contributed by atoms with van der Waals surface area (Å²) >= 11 is 3.84. The Morgan fingerprint density at radius 1 is 1.00 bits per heavy atom. The zero-order chi connectivity index (χ0) is 13.9. The summed E-state index contributed by atoms with van der Waals surface area (Å²) < 4.78 is 0. The Morgan fingerprint density at radius 2 is 1.80 bits per heavy atom. The van der Waals surface area contributed by atoms with Gasteiger partial charge in [0.25, 0.3) is 0 Å². The van der Waals surface area contributed by atoms with Crippen molar-refractivity contribution in [2.75, 3.05) is 0 Å². The maximum atomic E-state index is 4.49. The molecule has 1 nitrogen and oxygen atoms in total. The first-order valence-electron chi connectivity index (χ1n) is 6.78. The number of hydrogen-bond acceptors (Lipinski definition) is 1. The van der Waals surface area contributed by atoms with Crippen molar-refractivity contribution in [2.24, 2.45) is 0 Å². The molecule has 2 heteroatoms. The van der Waals surface area contributed by atoms with Crippen molar-refractivity contribution in [3.8, 4) is 0 Å². The highest BCUT2D eigenvalue weighted by Crippen LogP contribution is 2.32. The van der Waals surface area contributed by atoms with E-state index in [1.165, 1.54) is 21.9 Å². The topological polar surface area (TPSA) is 12.9 Å². The minimum absolute atomic E-state index is 0.280. The Kier molecular flexibility index (Phi) is 3.83. The van der Waals surface area contributed by atoms with Gasteiger partial charge in [0.2, 0.25) is 0 Å². The van der Waals surface area contributed by atoms with Gasteiger partial charge in [-0.2, -0.15) is 0 Å². The molecular formula is C18H16BrN. The number of alkyl halides is 1. The number of hydrogen-bond donors (Lipinski definition) is 0. The number of rotatable bonds is 3. The van der Waals surface area contributed by atoms with E-state index in [0.717, 1.165) is 12.1 Å². The second-order valence-electron chi connectivity index (χ2n) is 5.01. The number of pyridine rings is 1. The van der Waals surface area contributed by atoms with Crippen LogP contribution in [0.15, 0.2) is 60.8 Å². The first-order chi connectivity index (χ1) is 9.75. The van der Waals surface area contributed by atoms with Crippen LogP contribution in [0.3, 0.4) is 0 Å². The summed E-state index contributed by atoms with van der Waals surface area (Å²) in [7, 11) is 0. The lowest BCUT2D eigenvalue weighted by Gasteiger charge is -2.14. The monoisotopic (exact) mass is 325 g/mol. The molecule has 0 bridgehead atoms. The predicted octanol–water partition coefficient (Wildman–Crippen LogP) is 5.22. The fourth-order valence-electron chi connectivity index (χ4n) is 2.54. The SMILES string of the molecule is Cc1cccnc1CC(Br)c1cccc2ccccc12. The summed E-state index contributed by atoms with van der Waals surface area (Å²) in [6, 6.07) is 19.1. The molecule has 0 saturated heterocycles. The van der Waals surface area contributed by atoms with Crippen LogP contribution in [-0.2, 0) is 6.42 Å². The molecule has 3 aromatic rings. The number of aryl methyl sites for hydroxylation is 1. The molecule has 20 heavy (non-hydrogen) atoms. The van der Waals surface area contributed by atoms with Gasteiger partial charge in [0.15, 0.2) is 0 Å². The normalized spacial score (nSPS) is 12.5. The van der Waals surface area contributed by atoms with Gasteiger partial charge < -0.3 is 0 Å². The van der Waals surface area contributed by atoms with Crippen molar-refractivity contribution < 1.29 is 0 Å². The second kappa shape index (κ2) is 5.76. The van der Waals surface area contributed by atoms with Crippen LogP contribution in [0.25, 0.3) is 10.8 Å². The van der Waals surface area contributed by atoms with Crippen molar-refractivity contribution in [2.45, 2.75) is 18.2 Å². The van der Waals surface area contributed by atoms with E-state index >= 15 is 0 Å². The molecule has 0 radical (unpaired) electrons. The van der Waals surface area contributed by atoms with Gasteiger partial charge in [-0.05, 0) is 34.9 Å². The molecular weight excluding hydrogens is 310 g/mol. The van der Waals surface area contributed by atoms with Gasteiger partial charge in [0.1, 0.15) is 0 Å². The van der Waals surface area contributed by atoms with Crippen LogP contribution in [0.5, 0.6) is 0 Å². The summed E-state index contributed by atoms with van der Waals surface area (Å²) in [4.78, 5) is 4.77. The zero-order valence-electron chi connectivity index (χ0n) is 11.4. The van der Waals surface area contributed by atoms with Gasteiger partial charge in [-0.1, -0.05) is 64.5 Å². The number of fused-ring (bicyclic) bond motifs is 1. The van der Waals surface area contributed by atoms with E-state index in [-0.39, 0.29) is 4.83 Å². The van der Waals surface area contributed by atoms with Crippen molar-refractivity contribution >= 4 is 26.7 Å². The first-order valence-corrected chi connectivity index (χ1v) is 7.69. The summed E-state index contributed by atoms with van der Waals surface area (Å²) in [5.41, 5.74) is 3.73. The van der Waals surface area contributed by atoms with Crippen molar-refractivity contribution in [1.29, 1.82) is 0 Å². The van der Waals surface area contributed by atoms with E-state index in [1.807, 2.05) is 12.3 Å². The van der Waals surface area contributed by atoms with Crippen LogP contribution >= 0.6 is 15.9 Å². The quantitative estimate of drug-likeness (QED) is 0.601. The maximum absolute atomic E-state index is 4.49. The average Bonchev–Trinajstić information content (AvgIpc) is 2.49. The molecule has 1 atom stereocenters. The number of benzene rings is 2. The minimum Gasteiger partial charge on any atom is -0.261 e. The molecule has 0 aliphatic rings. The minimum atomic E-state index is 0.280. The Labute approximate surface area is 127 Å². The Morgan fingerprint density at radius 3 is 2.65 bits per heavy atom. The predicted molar refractivity (Wildman–Crippen MR) is 88.3 cm³/mol. The molecule has 1 heterocycles. The lowest BCUT2D eigenvalue weighted by molar-refractivity contribution is 0.898. The molecule has 1 aromatic heterocycles. The standard InChI is InChI=1S/C18H16BrN/c1-13-6-5-11-20-18(13)12-17(19)16-10-4-8-14-7-2-3-9-15(14)16/h2-11,17H,12H2,1H3. The Bertz CT molecular complexity index is 731. The van der Waals surface area contributed by atoms with E-state index in [1.54, 1.807) is 0 Å². The molecule has 0 aliphatic carbocycles. The fraction of sp³-hybridized carbons (Fsp3) is 0.167. The third kappa shape index (κ3) is 2.61. The molecule has 100 valence electrons. The number of halogens is 1. The van der Waals surface area contributed by atoms with Gasteiger partial charge in [-0.3, -0.25) is 4.98 Å². The molecule has 3 rings (SSSR count). The van der Waals surface area contributed by atoms with Crippen LogP contribution in [0.2, 0.25) is 0 Å². The van der Waals surface area contributed by atoms with Gasteiger partial charge in [0.05, 0.1) is 0 Å². The van der Waals surface area contributed by atoms with E-state index < -0.39 is 0 Å². The highest BCUT2D eigenvalue weighted by Gasteiger charge is 2.13. The molecule has 1 unspecified atom stereocenters. The average molecular weight is 326 g/mol. The highest BCUT2D eigenvalue weighted by molar-refractivity contribution is 9.09. The third-order valence-electron chi connectivity index (χ3n) is 3.65. The van der Waals surface area contributed by atoms with E-state index in [2.05, 4.69) is 76.4 Å². The summed E-state index contributed by atoms with van der Waals surface area (Å²) in [6.07, 6.45) is 2.77. The Hall–Kier alpha value is -1.67. The van der Waals surface area contributed by atoms with Crippen molar-refractivity contribution in [1.82, 2.24) is 4.98 Å². The van der Waals surface area contributed by atoms with Crippen LogP contribution < -0.4 is 0 Å². The fourth-order valence-corrected chi connectivity index (χ4v) is 3.24. The van der Waals surface area contributed by atoms with Crippen LogP contribution in [-0.4, -0.2) is 4.98 Å². The second-order valence-corrected chi connectivity index (χ2v) is 6.11. The Balaban J connectivity index is 1.97. The summed E-state index contributed by atoms with van der Waals surface area (Å²) in [5.74, 6) is 0. The van der Waals surface area contributed by atoms with Crippen LogP contribution in [0, 0.1) is 6.92 Å². The molecule has 0 spiro atoms. The molecule has 0 saturated carbocycles. The summed E-state index contributed by atoms with van der Waals surface area (Å²) in [6.45, 7) is 2.12. The number of aromatic nitrogens is 1. The molecule has 2 aromatic carbocycles. The smallest absolute Gasteiger partial charge is 0.0456 e. The maximum Gasteiger partial charge on any atom is 0.0456 e. The van der Waals surface area contributed by atoms with E-state index in [9.17, 15) is 0 Å². The van der Waals surface area contributed by atoms with Gasteiger partial charge in [-0.15, -0.1) is 0 Å². The van der Waals surface area contributed by atoms with Gasteiger partial charge >= 0.3 is 0 Å². The molecule has 0 aliphatic heterocycles. The third-order valence-corrected chi connectivity index (χ3v) is 4.47. The lowest BCUT2D eigenvalue weighted by Crippen LogP contribution is -2.00. The molecule has 0 fully saturated rings. The number of nitrogens with zero attached hydrogens (tertiary/aromatic N) is 1. The van der Waals surface area contributed by atoms with Crippen molar-refractivity contribution in [3.63, 3.8) is 0 Å². The van der Waals surface area contributed by atoms with Crippen LogP contribution in [0.1, 0.15) is 21.6 Å². The lowest BCUT2D eigenvalue weighted by atomic mass is 9.99. The van der Waals surface area contributed by atoms with E-state index in [0.29, 0.717) is 0 Å². The molecule has 0 amide bonds. The van der Waals surface area contributed by atoms with Crippen LogP contribution in [0.4, 0.5) is 0 Å². The van der Waals surface area contributed by atoms with E-state index in [4.69, 9.17) is 0 Å². The summed E-state index contributed by atoms with van der Waals surface area (Å²) in [5, 5.41) is 2.60. The largest absolute Gasteiger partial charge is 0.261 e. The molecule has 0 N–H and O–H groups in total. The first kappa shape index (κ1) is 13.3. The highest BCUT2D eigenvalue weighted by atomic mass is 79.9. The van der Waals surface area contributed by atoms with Crippen molar-refractivity contribution in [3.05, 3.63) is 77.6 Å². The van der Waals surface area contributed by atoms with Gasteiger partial charge in [0, 0.05) is 23.1 Å². The zero-order valence-corrected chi connectivity index (χ0v) is 13.0.